The van der Waals surface area contributed by atoms with Crippen LogP contribution in [-0.2, 0) is 9.53 Å². The minimum absolute atomic E-state index is 0.0511. The topological polar surface area (TPSA) is 101 Å². The summed E-state index contributed by atoms with van der Waals surface area (Å²) in [5.74, 6) is -0.966. The fraction of sp³-hybridized carbons (Fsp3) is 0.222. The van der Waals surface area contributed by atoms with E-state index in [1.54, 1.807) is 6.92 Å². The molecule has 3 aromatic rings. The highest BCUT2D eigenvalue weighted by Gasteiger charge is 2.37. The molecular weight excluding hydrogens is 448 g/mol. The zero-order valence-electron chi connectivity index (χ0n) is 19.7. The molecule has 4 rings (SSSR count). The molecule has 0 aliphatic carbocycles. The third-order valence-corrected chi connectivity index (χ3v) is 6.36. The number of nitrogens with two attached hydrogens (primary N) is 1. The zero-order valence-corrected chi connectivity index (χ0v) is 20.5. The van der Waals surface area contributed by atoms with Crippen molar-refractivity contribution in [3.05, 3.63) is 92.2 Å². The van der Waals surface area contributed by atoms with Crippen LogP contribution in [0.4, 0.5) is 5.69 Å². The number of rotatable bonds is 3. The van der Waals surface area contributed by atoms with E-state index in [2.05, 4.69) is 22.4 Å². The SMILES string of the molecule is CC1=C(C(=O)Nc2ccc(C)cc2C)C(c2cc3c(C)cc(C)cc3nc2Cl)C(C#N)=C(N)O1. The lowest BCUT2D eigenvalue weighted by Crippen LogP contribution is -2.28. The average Bonchev–Trinajstić information content (AvgIpc) is 2.74. The van der Waals surface area contributed by atoms with Crippen LogP contribution in [0.5, 0.6) is 0 Å². The lowest BCUT2D eigenvalue weighted by atomic mass is 9.82. The molecule has 1 amide bonds. The minimum Gasteiger partial charge on any atom is -0.445 e. The molecule has 0 bridgehead atoms. The fourth-order valence-corrected chi connectivity index (χ4v) is 4.71. The molecule has 0 spiro atoms. The van der Waals surface area contributed by atoms with Crippen LogP contribution in [0.3, 0.4) is 0 Å². The Hall–Kier alpha value is -3.82. The van der Waals surface area contributed by atoms with E-state index in [9.17, 15) is 10.1 Å². The number of fused-ring (bicyclic) bond motifs is 1. The summed E-state index contributed by atoms with van der Waals surface area (Å²) in [6.45, 7) is 9.55. The van der Waals surface area contributed by atoms with Crippen LogP contribution in [0.2, 0.25) is 5.15 Å². The van der Waals surface area contributed by atoms with Gasteiger partial charge in [0.2, 0.25) is 5.88 Å². The molecule has 1 atom stereocenters. The van der Waals surface area contributed by atoms with Gasteiger partial charge >= 0.3 is 0 Å². The Morgan fingerprint density at radius 2 is 1.79 bits per heavy atom. The van der Waals surface area contributed by atoms with Crippen molar-refractivity contribution in [2.24, 2.45) is 5.73 Å². The molecule has 2 heterocycles. The number of benzene rings is 2. The van der Waals surface area contributed by atoms with Gasteiger partial charge in [-0.05, 0) is 69.5 Å². The summed E-state index contributed by atoms with van der Waals surface area (Å²) in [7, 11) is 0. The Balaban J connectivity index is 1.88. The molecule has 6 nitrogen and oxygen atoms in total. The second kappa shape index (κ2) is 8.85. The van der Waals surface area contributed by atoms with Crippen molar-refractivity contribution in [2.45, 2.75) is 40.5 Å². The molecule has 172 valence electrons. The zero-order chi connectivity index (χ0) is 24.7. The lowest BCUT2D eigenvalue weighted by molar-refractivity contribution is -0.113. The van der Waals surface area contributed by atoms with Gasteiger partial charge in [-0.15, -0.1) is 0 Å². The number of halogens is 1. The van der Waals surface area contributed by atoms with E-state index in [0.29, 0.717) is 17.0 Å². The molecule has 1 aliphatic rings. The first-order chi connectivity index (χ1) is 16.1. The summed E-state index contributed by atoms with van der Waals surface area (Å²) in [5, 5.41) is 14.0. The van der Waals surface area contributed by atoms with Gasteiger partial charge in [0, 0.05) is 16.6 Å². The molecule has 0 saturated heterocycles. The van der Waals surface area contributed by atoms with Crippen LogP contribution < -0.4 is 11.1 Å². The van der Waals surface area contributed by atoms with Gasteiger partial charge in [-0.25, -0.2) is 4.98 Å². The maximum absolute atomic E-state index is 13.6. The van der Waals surface area contributed by atoms with Gasteiger partial charge in [0.25, 0.3) is 5.91 Å². The van der Waals surface area contributed by atoms with Gasteiger partial charge in [-0.1, -0.05) is 35.4 Å². The predicted molar refractivity (Wildman–Crippen MR) is 134 cm³/mol. The summed E-state index contributed by atoms with van der Waals surface area (Å²) in [6, 6.07) is 13.8. The Morgan fingerprint density at radius 1 is 1.09 bits per heavy atom. The number of nitriles is 1. The maximum atomic E-state index is 13.6. The summed E-state index contributed by atoms with van der Waals surface area (Å²) in [4.78, 5) is 18.2. The molecule has 1 aliphatic heterocycles. The quantitative estimate of drug-likeness (QED) is 0.466. The van der Waals surface area contributed by atoms with E-state index in [1.807, 2.05) is 58.0 Å². The standard InChI is InChI=1S/C27H25ClN4O2/c1-13-6-7-21(16(4)8-13)32-27(33)23-17(5)34-26(30)20(12-29)24(23)19-11-18-15(3)9-14(2)10-22(18)31-25(19)28/h6-11,24H,30H2,1-5H3,(H,32,33). The van der Waals surface area contributed by atoms with Crippen molar-refractivity contribution in [3.8, 4) is 6.07 Å². The molecule has 3 N–H and O–H groups in total. The number of carbonyl (C=O) groups is 1. The Bertz CT molecular complexity index is 1460. The number of aryl methyl sites for hydroxylation is 4. The second-order valence-corrected chi connectivity index (χ2v) is 9.04. The summed E-state index contributed by atoms with van der Waals surface area (Å²) >= 11 is 6.65. The van der Waals surface area contributed by atoms with E-state index in [1.165, 1.54) is 0 Å². The third-order valence-electron chi connectivity index (χ3n) is 6.06. The van der Waals surface area contributed by atoms with E-state index in [0.717, 1.165) is 33.2 Å². The number of anilines is 1. The first-order valence-corrected chi connectivity index (χ1v) is 11.2. The number of aromatic nitrogens is 1. The van der Waals surface area contributed by atoms with Crippen LogP contribution in [-0.4, -0.2) is 10.9 Å². The highest BCUT2D eigenvalue weighted by atomic mass is 35.5. The minimum atomic E-state index is -0.824. The third kappa shape index (κ3) is 4.11. The van der Waals surface area contributed by atoms with Gasteiger partial charge in [-0.3, -0.25) is 4.79 Å². The number of ether oxygens (including phenoxy) is 1. The smallest absolute Gasteiger partial charge is 0.256 e. The predicted octanol–water partition coefficient (Wildman–Crippen LogP) is 5.84. The molecular formula is C27H25ClN4O2. The van der Waals surface area contributed by atoms with E-state index < -0.39 is 11.8 Å². The van der Waals surface area contributed by atoms with E-state index in [4.69, 9.17) is 22.1 Å². The molecule has 2 aromatic carbocycles. The molecule has 1 aromatic heterocycles. The lowest BCUT2D eigenvalue weighted by Gasteiger charge is -2.28. The molecule has 0 fully saturated rings. The monoisotopic (exact) mass is 472 g/mol. The van der Waals surface area contributed by atoms with Crippen molar-refractivity contribution in [1.82, 2.24) is 4.98 Å². The average molecular weight is 473 g/mol. The normalized spacial score (nSPS) is 15.9. The Morgan fingerprint density at radius 3 is 2.47 bits per heavy atom. The molecule has 1 unspecified atom stereocenters. The largest absolute Gasteiger partial charge is 0.445 e. The van der Waals surface area contributed by atoms with Crippen molar-refractivity contribution in [1.29, 1.82) is 5.26 Å². The van der Waals surface area contributed by atoms with Gasteiger partial charge in [0.05, 0.1) is 17.0 Å². The fourth-order valence-electron chi connectivity index (χ4n) is 4.45. The summed E-state index contributed by atoms with van der Waals surface area (Å²) < 4.78 is 5.62. The molecule has 7 heteroatoms. The number of carbonyl (C=O) groups excluding carboxylic acids is 1. The van der Waals surface area contributed by atoms with Crippen LogP contribution in [0.25, 0.3) is 10.9 Å². The molecule has 34 heavy (non-hydrogen) atoms. The van der Waals surface area contributed by atoms with Crippen LogP contribution >= 0.6 is 11.6 Å². The highest BCUT2D eigenvalue weighted by molar-refractivity contribution is 6.31. The van der Waals surface area contributed by atoms with E-state index >= 15 is 0 Å². The molecule has 0 radical (unpaired) electrons. The number of hydrogen-bond donors (Lipinski definition) is 2. The first kappa shape index (κ1) is 23.3. The van der Waals surface area contributed by atoms with Crippen LogP contribution in [0.15, 0.2) is 59.2 Å². The summed E-state index contributed by atoms with van der Waals surface area (Å²) in [5.41, 5.74) is 12.5. The summed E-state index contributed by atoms with van der Waals surface area (Å²) in [6.07, 6.45) is 0. The van der Waals surface area contributed by atoms with Crippen LogP contribution in [0, 0.1) is 39.0 Å². The van der Waals surface area contributed by atoms with Gasteiger partial charge < -0.3 is 15.8 Å². The number of amides is 1. The number of allylic oxidation sites excluding steroid dienone is 2. The number of nitrogens with one attached hydrogen (secondary N) is 1. The Kier molecular flexibility index (Phi) is 6.07. The second-order valence-electron chi connectivity index (χ2n) is 8.68. The van der Waals surface area contributed by atoms with Gasteiger partial charge in [0.1, 0.15) is 22.6 Å². The van der Waals surface area contributed by atoms with Crippen molar-refractivity contribution in [2.75, 3.05) is 5.32 Å². The number of nitrogens with zero attached hydrogens (tertiary/aromatic N) is 2. The number of hydrogen-bond acceptors (Lipinski definition) is 5. The Labute approximate surface area is 203 Å². The van der Waals surface area contributed by atoms with E-state index in [-0.39, 0.29) is 22.2 Å². The van der Waals surface area contributed by atoms with Crippen molar-refractivity contribution < 1.29 is 9.53 Å². The molecule has 0 saturated carbocycles. The number of pyridine rings is 1. The highest BCUT2D eigenvalue weighted by Crippen LogP contribution is 2.43. The first-order valence-electron chi connectivity index (χ1n) is 10.8. The van der Waals surface area contributed by atoms with Crippen LogP contribution in [0.1, 0.15) is 40.7 Å². The van der Waals surface area contributed by atoms with Crippen molar-refractivity contribution >= 4 is 34.1 Å². The maximum Gasteiger partial charge on any atom is 0.256 e. The van der Waals surface area contributed by atoms with Gasteiger partial charge in [-0.2, -0.15) is 5.26 Å². The van der Waals surface area contributed by atoms with Gasteiger partial charge in [0.15, 0.2) is 0 Å². The van der Waals surface area contributed by atoms with Crippen molar-refractivity contribution in [3.63, 3.8) is 0 Å².